The molecule has 1 heterocycles. The minimum Gasteiger partial charge on any atom is -0.362 e. The van der Waals surface area contributed by atoms with Crippen LogP contribution in [-0.2, 0) is 0 Å². The van der Waals surface area contributed by atoms with Crippen molar-refractivity contribution >= 4 is 28.7 Å². The Morgan fingerprint density at radius 1 is 1.83 bits per heavy atom. The Morgan fingerprint density at radius 3 is 3.08 bits per heavy atom. The van der Waals surface area contributed by atoms with Gasteiger partial charge in [-0.25, -0.2) is 0 Å². The van der Waals surface area contributed by atoms with Crippen LogP contribution in [0.2, 0.25) is 0 Å². The second-order valence-electron chi connectivity index (χ2n) is 3.05. The van der Waals surface area contributed by atoms with Crippen LogP contribution < -0.4 is 5.32 Å². The molecule has 70 valence electrons. The van der Waals surface area contributed by atoms with Gasteiger partial charge in [0, 0.05) is 17.0 Å². The maximum atomic E-state index is 4.49. The molecule has 12 heavy (non-hydrogen) atoms. The first kappa shape index (κ1) is 10.3. The third kappa shape index (κ3) is 3.27. The minimum absolute atomic E-state index is 0.596. The summed E-state index contributed by atoms with van der Waals surface area (Å²) in [7, 11) is 0. The number of thioether (sulfide) groups is 2. The number of nitrogens with one attached hydrogen (secondary N) is 1. The Labute approximate surface area is 83.0 Å². The van der Waals surface area contributed by atoms with Crippen molar-refractivity contribution < 1.29 is 0 Å². The fourth-order valence-corrected chi connectivity index (χ4v) is 2.04. The summed E-state index contributed by atoms with van der Waals surface area (Å²) in [5.74, 6) is 1.16. The van der Waals surface area contributed by atoms with Gasteiger partial charge >= 0.3 is 0 Å². The lowest BCUT2D eigenvalue weighted by molar-refractivity contribution is 0.763. The van der Waals surface area contributed by atoms with E-state index in [0.717, 1.165) is 17.5 Å². The molecule has 2 unspecified atom stereocenters. The van der Waals surface area contributed by atoms with Gasteiger partial charge in [-0.2, -0.15) is 11.8 Å². The molecule has 2 nitrogen and oxygen atoms in total. The van der Waals surface area contributed by atoms with E-state index in [4.69, 9.17) is 0 Å². The molecule has 0 aromatic carbocycles. The Bertz CT molecular complexity index is 170. The molecule has 1 aliphatic rings. The van der Waals surface area contributed by atoms with Gasteiger partial charge in [0.05, 0.1) is 6.54 Å². The van der Waals surface area contributed by atoms with E-state index in [1.54, 1.807) is 0 Å². The summed E-state index contributed by atoms with van der Waals surface area (Å²) in [4.78, 5) is 4.49. The van der Waals surface area contributed by atoms with Gasteiger partial charge in [-0.15, -0.1) is 0 Å². The molecular weight excluding hydrogens is 188 g/mol. The normalized spacial score (nSPS) is 28.9. The van der Waals surface area contributed by atoms with Crippen molar-refractivity contribution in [3.63, 3.8) is 0 Å². The molecule has 4 heteroatoms. The van der Waals surface area contributed by atoms with Gasteiger partial charge < -0.3 is 5.32 Å². The van der Waals surface area contributed by atoms with E-state index < -0.39 is 0 Å². The Hall–Kier alpha value is 0.170. The van der Waals surface area contributed by atoms with Gasteiger partial charge in [0.2, 0.25) is 0 Å². The lowest BCUT2D eigenvalue weighted by atomic mass is 10.4. The maximum absolute atomic E-state index is 4.49. The van der Waals surface area contributed by atoms with Gasteiger partial charge in [-0.1, -0.05) is 18.7 Å². The highest BCUT2D eigenvalue weighted by Crippen LogP contribution is 2.14. The zero-order chi connectivity index (χ0) is 8.97. The number of hydrogen-bond acceptors (Lipinski definition) is 3. The zero-order valence-corrected chi connectivity index (χ0v) is 9.47. The van der Waals surface area contributed by atoms with E-state index in [1.807, 2.05) is 23.5 Å². The molecule has 0 bridgehead atoms. The highest BCUT2D eigenvalue weighted by molar-refractivity contribution is 8.14. The largest absolute Gasteiger partial charge is 0.362 e. The number of rotatable bonds is 3. The highest BCUT2D eigenvalue weighted by atomic mass is 32.2. The van der Waals surface area contributed by atoms with Crippen LogP contribution in [0.5, 0.6) is 0 Å². The van der Waals surface area contributed by atoms with Gasteiger partial charge in [-0.3, -0.25) is 4.99 Å². The molecule has 0 amide bonds. The van der Waals surface area contributed by atoms with Crippen molar-refractivity contribution in [3.05, 3.63) is 0 Å². The highest BCUT2D eigenvalue weighted by Gasteiger charge is 2.14. The van der Waals surface area contributed by atoms with Crippen molar-refractivity contribution in [2.24, 2.45) is 4.99 Å². The summed E-state index contributed by atoms with van der Waals surface area (Å²) in [6, 6.07) is 0.596. The second-order valence-corrected chi connectivity index (χ2v) is 5.33. The van der Waals surface area contributed by atoms with Crippen LogP contribution in [0, 0.1) is 0 Å². The first-order valence-electron chi connectivity index (χ1n) is 4.19. The summed E-state index contributed by atoms with van der Waals surface area (Å²) in [6.07, 6.45) is 2.13. The zero-order valence-electron chi connectivity index (χ0n) is 7.83. The molecule has 1 rings (SSSR count). The quantitative estimate of drug-likeness (QED) is 0.759. The number of amidine groups is 1. The topological polar surface area (TPSA) is 24.4 Å². The summed E-state index contributed by atoms with van der Waals surface area (Å²) in [5, 5.41) is 5.10. The molecule has 2 atom stereocenters. The molecule has 0 spiro atoms. The summed E-state index contributed by atoms with van der Waals surface area (Å²) in [6.45, 7) is 5.33. The molecule has 0 aliphatic carbocycles. The Balaban J connectivity index is 2.28. The van der Waals surface area contributed by atoms with Gasteiger partial charge in [-0.05, 0) is 13.2 Å². The van der Waals surface area contributed by atoms with Crippen molar-refractivity contribution in [2.75, 3.05) is 18.6 Å². The smallest absolute Gasteiger partial charge is 0.156 e. The average molecular weight is 204 g/mol. The maximum Gasteiger partial charge on any atom is 0.156 e. The molecule has 1 aliphatic heterocycles. The Kier molecular flexibility index (Phi) is 4.29. The fraction of sp³-hybridized carbons (Fsp3) is 0.875. The molecule has 1 N–H and O–H groups in total. The lowest BCUT2D eigenvalue weighted by Gasteiger charge is -2.04. The van der Waals surface area contributed by atoms with Crippen LogP contribution in [0.4, 0.5) is 0 Å². The summed E-state index contributed by atoms with van der Waals surface area (Å²) < 4.78 is 0. The molecule has 0 radical (unpaired) electrons. The standard InChI is InChI=1S/C8H16N2S2/c1-6-5-12-8(10-6)9-4-7(2)11-3/h6-7H,4-5H2,1-3H3,(H,9,10). The van der Waals surface area contributed by atoms with Crippen molar-refractivity contribution in [2.45, 2.75) is 25.1 Å². The van der Waals surface area contributed by atoms with Crippen molar-refractivity contribution in [1.82, 2.24) is 5.32 Å². The predicted octanol–water partition coefficient (Wildman–Crippen LogP) is 1.82. The predicted molar refractivity (Wildman–Crippen MR) is 60.3 cm³/mol. The first-order chi connectivity index (χ1) is 5.72. The van der Waals surface area contributed by atoms with Crippen LogP contribution in [-0.4, -0.2) is 35.0 Å². The number of hydrogen-bond donors (Lipinski definition) is 1. The molecule has 1 saturated heterocycles. The fourth-order valence-electron chi connectivity index (χ4n) is 0.875. The molecule has 0 saturated carbocycles. The molecule has 1 fully saturated rings. The van der Waals surface area contributed by atoms with E-state index in [9.17, 15) is 0 Å². The van der Waals surface area contributed by atoms with E-state index in [-0.39, 0.29) is 0 Å². The summed E-state index contributed by atoms with van der Waals surface area (Å²) >= 11 is 3.70. The van der Waals surface area contributed by atoms with Gasteiger partial charge in [0.1, 0.15) is 0 Å². The molecule has 0 aromatic rings. The van der Waals surface area contributed by atoms with Crippen LogP contribution >= 0.6 is 23.5 Å². The summed E-state index contributed by atoms with van der Waals surface area (Å²) in [5.41, 5.74) is 0. The SMILES string of the molecule is CSC(C)CN=C1NC(C)CS1. The monoisotopic (exact) mass is 204 g/mol. The van der Waals surface area contributed by atoms with Crippen LogP contribution in [0.25, 0.3) is 0 Å². The first-order valence-corrected chi connectivity index (χ1v) is 6.46. The average Bonchev–Trinajstić information content (AvgIpc) is 2.47. The minimum atomic E-state index is 0.596. The number of aliphatic imine (C=N–C) groups is 1. The van der Waals surface area contributed by atoms with E-state index in [0.29, 0.717) is 11.3 Å². The third-order valence-corrected chi connectivity index (χ3v) is 3.88. The van der Waals surface area contributed by atoms with E-state index >= 15 is 0 Å². The number of nitrogens with zero attached hydrogens (tertiary/aromatic N) is 1. The van der Waals surface area contributed by atoms with E-state index in [1.165, 1.54) is 0 Å². The van der Waals surface area contributed by atoms with Crippen LogP contribution in [0.15, 0.2) is 4.99 Å². The van der Waals surface area contributed by atoms with Crippen LogP contribution in [0.1, 0.15) is 13.8 Å². The van der Waals surface area contributed by atoms with Gasteiger partial charge in [0.15, 0.2) is 5.17 Å². The molecular formula is C8H16N2S2. The van der Waals surface area contributed by atoms with Crippen molar-refractivity contribution in [1.29, 1.82) is 0 Å². The van der Waals surface area contributed by atoms with Crippen molar-refractivity contribution in [3.8, 4) is 0 Å². The van der Waals surface area contributed by atoms with E-state index in [2.05, 4.69) is 30.4 Å². The third-order valence-electron chi connectivity index (χ3n) is 1.73. The van der Waals surface area contributed by atoms with Gasteiger partial charge in [0.25, 0.3) is 0 Å². The Morgan fingerprint density at radius 2 is 2.58 bits per heavy atom. The van der Waals surface area contributed by atoms with Crippen LogP contribution in [0.3, 0.4) is 0 Å². The lowest BCUT2D eigenvalue weighted by Crippen LogP contribution is -2.23. The molecule has 0 aromatic heterocycles. The second kappa shape index (κ2) is 5.02.